The number of esters is 1. The first-order valence-corrected chi connectivity index (χ1v) is 9.73. The number of piperazine rings is 1. The van der Waals surface area contributed by atoms with Gasteiger partial charge in [-0.05, 0) is 29.8 Å². The molecule has 0 radical (unpaired) electrons. The van der Waals surface area contributed by atoms with E-state index in [1.165, 1.54) is 24.3 Å². The third kappa shape index (κ3) is 4.60. The van der Waals surface area contributed by atoms with Gasteiger partial charge in [-0.1, -0.05) is 18.2 Å². The molecule has 8 nitrogen and oxygen atoms in total. The van der Waals surface area contributed by atoms with Crippen LogP contribution in [-0.4, -0.2) is 67.5 Å². The Kier molecular flexibility index (Phi) is 5.94. The minimum absolute atomic E-state index is 0.212. The highest BCUT2D eigenvalue weighted by atomic mass is 16.7. The van der Waals surface area contributed by atoms with E-state index in [2.05, 4.69) is 4.90 Å². The topological polar surface area (TPSA) is 85.4 Å². The van der Waals surface area contributed by atoms with Gasteiger partial charge in [0, 0.05) is 38.3 Å². The molecule has 0 unspecified atom stereocenters. The standard InChI is InChI=1S/C22H22N2O6/c25-13-16-1-4-18(5-2-16)22(27)28-14-21(26)24-9-7-23(8-10-24)12-17-3-6-19-20(11-17)30-15-29-19/h1-6,11,13H,7-10,12,14-15H2. The third-order valence-electron chi connectivity index (χ3n) is 5.18. The van der Waals surface area contributed by atoms with E-state index in [9.17, 15) is 14.4 Å². The van der Waals surface area contributed by atoms with Crippen LogP contribution in [-0.2, 0) is 16.1 Å². The van der Waals surface area contributed by atoms with Crippen molar-refractivity contribution in [1.29, 1.82) is 0 Å². The van der Waals surface area contributed by atoms with Crippen molar-refractivity contribution >= 4 is 18.2 Å². The summed E-state index contributed by atoms with van der Waals surface area (Å²) >= 11 is 0. The van der Waals surface area contributed by atoms with E-state index in [1.807, 2.05) is 18.2 Å². The van der Waals surface area contributed by atoms with Crippen LogP contribution in [0.15, 0.2) is 42.5 Å². The number of ether oxygens (including phenoxy) is 3. The average molecular weight is 410 g/mol. The molecule has 0 spiro atoms. The minimum atomic E-state index is -0.581. The highest BCUT2D eigenvalue weighted by molar-refractivity contribution is 5.92. The van der Waals surface area contributed by atoms with Crippen LogP contribution >= 0.6 is 0 Å². The lowest BCUT2D eigenvalue weighted by Gasteiger charge is -2.34. The van der Waals surface area contributed by atoms with Gasteiger partial charge in [-0.25, -0.2) is 4.79 Å². The Morgan fingerprint density at radius 2 is 1.70 bits per heavy atom. The lowest BCUT2D eigenvalue weighted by atomic mass is 10.1. The van der Waals surface area contributed by atoms with Crippen LogP contribution < -0.4 is 9.47 Å². The van der Waals surface area contributed by atoms with Gasteiger partial charge in [-0.2, -0.15) is 0 Å². The zero-order valence-electron chi connectivity index (χ0n) is 16.4. The van der Waals surface area contributed by atoms with E-state index in [0.29, 0.717) is 30.5 Å². The summed E-state index contributed by atoms with van der Waals surface area (Å²) in [5, 5.41) is 0. The van der Waals surface area contributed by atoms with Crippen LogP contribution in [0.25, 0.3) is 0 Å². The number of hydrogen-bond acceptors (Lipinski definition) is 7. The van der Waals surface area contributed by atoms with Gasteiger partial charge in [0.15, 0.2) is 18.1 Å². The summed E-state index contributed by atoms with van der Waals surface area (Å²) in [7, 11) is 0. The number of benzene rings is 2. The Morgan fingerprint density at radius 3 is 2.43 bits per heavy atom. The number of hydrogen-bond donors (Lipinski definition) is 0. The number of nitrogens with zero attached hydrogens (tertiary/aromatic N) is 2. The maximum absolute atomic E-state index is 12.4. The fraction of sp³-hybridized carbons (Fsp3) is 0.318. The van der Waals surface area contributed by atoms with Crippen molar-refractivity contribution in [2.75, 3.05) is 39.6 Å². The van der Waals surface area contributed by atoms with Gasteiger partial charge in [0.25, 0.3) is 5.91 Å². The average Bonchev–Trinajstić information content (AvgIpc) is 3.26. The molecule has 0 saturated carbocycles. The van der Waals surface area contributed by atoms with E-state index in [0.717, 1.165) is 36.7 Å². The van der Waals surface area contributed by atoms with E-state index < -0.39 is 5.97 Å². The zero-order chi connectivity index (χ0) is 20.9. The van der Waals surface area contributed by atoms with Gasteiger partial charge >= 0.3 is 5.97 Å². The monoisotopic (exact) mass is 410 g/mol. The molecule has 30 heavy (non-hydrogen) atoms. The normalized spacial score (nSPS) is 15.7. The first-order chi connectivity index (χ1) is 14.6. The van der Waals surface area contributed by atoms with E-state index in [4.69, 9.17) is 14.2 Å². The van der Waals surface area contributed by atoms with Crippen molar-refractivity contribution < 1.29 is 28.6 Å². The zero-order valence-corrected chi connectivity index (χ0v) is 16.4. The molecule has 2 aliphatic rings. The molecule has 0 atom stereocenters. The summed E-state index contributed by atoms with van der Waals surface area (Å²) in [5.74, 6) is 0.741. The summed E-state index contributed by atoms with van der Waals surface area (Å²) in [6.45, 7) is 3.36. The molecule has 8 heteroatoms. The molecule has 4 rings (SSSR count). The van der Waals surface area contributed by atoms with E-state index >= 15 is 0 Å². The molecule has 156 valence electrons. The first kappa shape index (κ1) is 19.9. The number of rotatable bonds is 6. The van der Waals surface area contributed by atoms with Crippen molar-refractivity contribution in [2.24, 2.45) is 0 Å². The van der Waals surface area contributed by atoms with Crippen molar-refractivity contribution in [2.45, 2.75) is 6.54 Å². The Labute approximate surface area is 173 Å². The predicted molar refractivity (Wildman–Crippen MR) is 107 cm³/mol. The lowest BCUT2D eigenvalue weighted by molar-refractivity contribution is -0.136. The molecule has 0 bridgehead atoms. The molecular formula is C22H22N2O6. The Hall–Kier alpha value is -3.39. The van der Waals surface area contributed by atoms with Gasteiger partial charge < -0.3 is 19.1 Å². The molecule has 0 aromatic heterocycles. The molecule has 1 saturated heterocycles. The summed E-state index contributed by atoms with van der Waals surface area (Å²) < 4.78 is 15.9. The minimum Gasteiger partial charge on any atom is -0.454 e. The molecule has 2 aromatic rings. The highest BCUT2D eigenvalue weighted by Crippen LogP contribution is 2.32. The van der Waals surface area contributed by atoms with Crippen molar-refractivity contribution in [3.8, 4) is 11.5 Å². The fourth-order valence-electron chi connectivity index (χ4n) is 3.45. The van der Waals surface area contributed by atoms with Crippen LogP contribution in [0.1, 0.15) is 26.3 Å². The summed E-state index contributed by atoms with van der Waals surface area (Å²) in [6.07, 6.45) is 0.699. The third-order valence-corrected chi connectivity index (χ3v) is 5.18. The number of carbonyl (C=O) groups is 3. The van der Waals surface area contributed by atoms with Crippen LogP contribution in [0, 0.1) is 0 Å². The van der Waals surface area contributed by atoms with Gasteiger partial charge in [-0.15, -0.1) is 0 Å². The Bertz CT molecular complexity index is 935. The number of carbonyl (C=O) groups excluding carboxylic acids is 3. The molecule has 2 aromatic carbocycles. The molecule has 1 amide bonds. The predicted octanol–water partition coefficient (Wildman–Crippen LogP) is 1.73. The van der Waals surface area contributed by atoms with Crippen LogP contribution in [0.3, 0.4) is 0 Å². The SMILES string of the molecule is O=Cc1ccc(C(=O)OCC(=O)N2CCN(Cc3ccc4c(c3)OCO4)CC2)cc1. The van der Waals surface area contributed by atoms with Crippen LogP contribution in [0.4, 0.5) is 0 Å². The fourth-order valence-corrected chi connectivity index (χ4v) is 3.45. The molecule has 1 fully saturated rings. The molecule has 2 heterocycles. The van der Waals surface area contributed by atoms with Crippen molar-refractivity contribution in [3.05, 3.63) is 59.2 Å². The molecule has 2 aliphatic heterocycles. The van der Waals surface area contributed by atoms with E-state index in [1.54, 1.807) is 4.90 Å². The number of fused-ring (bicyclic) bond motifs is 1. The Morgan fingerprint density at radius 1 is 0.967 bits per heavy atom. The smallest absolute Gasteiger partial charge is 0.338 e. The van der Waals surface area contributed by atoms with Crippen LogP contribution in [0.5, 0.6) is 11.5 Å². The van der Waals surface area contributed by atoms with Crippen LogP contribution in [0.2, 0.25) is 0 Å². The first-order valence-electron chi connectivity index (χ1n) is 9.73. The largest absolute Gasteiger partial charge is 0.454 e. The maximum Gasteiger partial charge on any atom is 0.338 e. The van der Waals surface area contributed by atoms with Crippen molar-refractivity contribution in [3.63, 3.8) is 0 Å². The van der Waals surface area contributed by atoms with Crippen molar-refractivity contribution in [1.82, 2.24) is 9.80 Å². The molecule has 0 aliphatic carbocycles. The molecule has 0 N–H and O–H groups in total. The molecular weight excluding hydrogens is 388 g/mol. The highest BCUT2D eigenvalue weighted by Gasteiger charge is 2.23. The second kappa shape index (κ2) is 8.96. The van der Waals surface area contributed by atoms with Gasteiger partial charge in [0.1, 0.15) is 6.29 Å². The number of amides is 1. The summed E-state index contributed by atoms with van der Waals surface area (Å²) in [5.41, 5.74) is 1.91. The Balaban J connectivity index is 1.22. The van der Waals surface area contributed by atoms with Gasteiger partial charge in [0.05, 0.1) is 5.56 Å². The van der Waals surface area contributed by atoms with E-state index in [-0.39, 0.29) is 19.3 Å². The quantitative estimate of drug-likeness (QED) is 0.530. The summed E-state index contributed by atoms with van der Waals surface area (Å²) in [4.78, 5) is 39.1. The second-order valence-electron chi connectivity index (χ2n) is 7.16. The number of aldehydes is 1. The maximum atomic E-state index is 12.4. The van der Waals surface area contributed by atoms with Gasteiger partial charge in [0.2, 0.25) is 6.79 Å². The second-order valence-corrected chi connectivity index (χ2v) is 7.16. The van der Waals surface area contributed by atoms with Gasteiger partial charge in [-0.3, -0.25) is 14.5 Å². The summed E-state index contributed by atoms with van der Waals surface area (Å²) in [6, 6.07) is 12.0. The lowest BCUT2D eigenvalue weighted by Crippen LogP contribution is -2.49.